The molecule has 0 fully saturated rings. The van der Waals surface area contributed by atoms with Crippen molar-refractivity contribution in [3.05, 3.63) is 102 Å². The Hall–Kier alpha value is -3.66. The number of aryl methyl sites for hydroxylation is 1. The topological polar surface area (TPSA) is 44.1 Å². The van der Waals surface area contributed by atoms with Crippen LogP contribution in [0.5, 0.6) is 0 Å². The molecule has 0 amide bonds. The van der Waals surface area contributed by atoms with Gasteiger partial charge in [0.2, 0.25) is 0 Å². The van der Waals surface area contributed by atoms with E-state index >= 15 is 0 Å². The zero-order valence-corrected chi connectivity index (χ0v) is 14.9. The van der Waals surface area contributed by atoms with Crippen molar-refractivity contribution in [3.63, 3.8) is 0 Å². The fourth-order valence-corrected chi connectivity index (χ4v) is 2.92. The molecule has 0 aliphatic rings. The number of carbonyl (C=O) groups excluding carboxylic acids is 1. The molecule has 0 atom stereocenters. The maximum Gasteiger partial charge on any atom is 0.343 e. The van der Waals surface area contributed by atoms with Crippen LogP contribution in [0.15, 0.2) is 84.9 Å². The van der Waals surface area contributed by atoms with Gasteiger partial charge >= 0.3 is 5.97 Å². The summed E-state index contributed by atoms with van der Waals surface area (Å²) < 4.78 is 7.73. The number of nitrogens with zero attached hydrogens (tertiary/aromatic N) is 2. The summed E-state index contributed by atoms with van der Waals surface area (Å²) in [6.07, 6.45) is 1.80. The van der Waals surface area contributed by atoms with E-state index in [1.54, 1.807) is 18.2 Å². The van der Waals surface area contributed by atoms with Gasteiger partial charge in [0.05, 0.1) is 16.6 Å². The van der Waals surface area contributed by atoms with E-state index in [0.29, 0.717) is 11.3 Å². The van der Waals surface area contributed by atoms with Crippen molar-refractivity contribution in [3.8, 4) is 0 Å². The van der Waals surface area contributed by atoms with Crippen LogP contribution >= 0.6 is 0 Å². The number of benzene rings is 3. The molecule has 0 saturated carbocycles. The lowest BCUT2D eigenvalue weighted by Gasteiger charge is -2.09. The number of carbonyl (C=O) groups is 1. The lowest BCUT2D eigenvalue weighted by molar-refractivity contribution is 0.0693. The first-order chi connectivity index (χ1) is 13.2. The number of para-hydroxylation sites is 2. The molecule has 0 saturated heterocycles. The number of aromatic nitrogens is 2. The van der Waals surface area contributed by atoms with Crippen molar-refractivity contribution in [1.82, 2.24) is 9.55 Å². The second-order valence-corrected chi connectivity index (χ2v) is 6.15. The minimum atomic E-state index is -0.399. The van der Waals surface area contributed by atoms with Crippen molar-refractivity contribution >= 4 is 28.8 Å². The molecular weight excluding hydrogens is 336 g/mol. The number of fused-ring (bicyclic) bond motifs is 1. The molecule has 0 aliphatic carbocycles. The summed E-state index contributed by atoms with van der Waals surface area (Å²) in [5.74, 6) is 0.781. The number of ether oxygens (including phenoxy) is 1. The summed E-state index contributed by atoms with van der Waals surface area (Å²) in [6, 6.07) is 26.4. The van der Waals surface area contributed by atoms with E-state index in [-0.39, 0.29) is 0 Å². The number of hydrogen-bond donors (Lipinski definition) is 0. The quantitative estimate of drug-likeness (QED) is 0.386. The molecule has 0 bridgehead atoms. The summed E-state index contributed by atoms with van der Waals surface area (Å²) in [7, 11) is 1.95. The molecule has 0 N–H and O–H groups in total. The van der Waals surface area contributed by atoms with Gasteiger partial charge in [-0.15, -0.1) is 0 Å². The van der Waals surface area contributed by atoms with Gasteiger partial charge in [-0.25, -0.2) is 9.78 Å². The highest BCUT2D eigenvalue weighted by Gasteiger charge is 2.14. The van der Waals surface area contributed by atoms with E-state index in [9.17, 15) is 4.79 Å². The normalized spacial score (nSPS) is 11.5. The van der Waals surface area contributed by atoms with Gasteiger partial charge in [0.15, 0.2) is 0 Å². The SMILES string of the molecule is Cn1c(/C=C(\OC(=O)c2ccccc2)c2ccccc2)nc2ccccc21. The molecule has 4 heteroatoms. The monoisotopic (exact) mass is 354 g/mol. The zero-order valence-electron chi connectivity index (χ0n) is 14.9. The highest BCUT2D eigenvalue weighted by molar-refractivity contribution is 5.95. The Morgan fingerprint density at radius 2 is 1.44 bits per heavy atom. The minimum Gasteiger partial charge on any atom is -0.422 e. The van der Waals surface area contributed by atoms with Crippen LogP contribution in [0.25, 0.3) is 22.9 Å². The van der Waals surface area contributed by atoms with E-state index in [1.165, 1.54) is 0 Å². The molecule has 0 unspecified atom stereocenters. The Bertz CT molecular complexity index is 1110. The van der Waals surface area contributed by atoms with Crippen molar-refractivity contribution in [2.75, 3.05) is 0 Å². The van der Waals surface area contributed by atoms with E-state index in [4.69, 9.17) is 4.74 Å². The van der Waals surface area contributed by atoms with E-state index in [1.807, 2.05) is 84.4 Å². The molecule has 3 aromatic carbocycles. The average Bonchev–Trinajstić information content (AvgIpc) is 3.04. The highest BCUT2D eigenvalue weighted by atomic mass is 16.5. The number of imidazole rings is 1. The number of hydrogen-bond acceptors (Lipinski definition) is 3. The third-order valence-electron chi connectivity index (χ3n) is 4.35. The van der Waals surface area contributed by atoms with Crippen LogP contribution in [-0.4, -0.2) is 15.5 Å². The van der Waals surface area contributed by atoms with Crippen molar-refractivity contribution in [1.29, 1.82) is 0 Å². The molecule has 4 nitrogen and oxygen atoms in total. The lowest BCUT2D eigenvalue weighted by Crippen LogP contribution is -2.05. The summed E-state index contributed by atoms with van der Waals surface area (Å²) in [5.41, 5.74) is 3.23. The number of rotatable bonds is 4. The van der Waals surface area contributed by atoms with Crippen molar-refractivity contribution in [2.24, 2.45) is 7.05 Å². The van der Waals surface area contributed by atoms with E-state index in [0.717, 1.165) is 22.4 Å². The Morgan fingerprint density at radius 1 is 0.852 bits per heavy atom. The van der Waals surface area contributed by atoms with Crippen molar-refractivity contribution < 1.29 is 9.53 Å². The first-order valence-corrected chi connectivity index (χ1v) is 8.68. The largest absolute Gasteiger partial charge is 0.422 e. The Labute approximate surface area is 157 Å². The highest BCUT2D eigenvalue weighted by Crippen LogP contribution is 2.23. The summed E-state index contributed by atoms with van der Waals surface area (Å²) in [5, 5.41) is 0. The van der Waals surface area contributed by atoms with E-state index in [2.05, 4.69) is 4.98 Å². The fourth-order valence-electron chi connectivity index (χ4n) is 2.92. The predicted octanol–water partition coefficient (Wildman–Crippen LogP) is 4.93. The summed E-state index contributed by atoms with van der Waals surface area (Å²) >= 11 is 0. The van der Waals surface area contributed by atoms with Gasteiger partial charge in [-0.1, -0.05) is 60.7 Å². The van der Waals surface area contributed by atoms with Crippen LogP contribution in [0.4, 0.5) is 0 Å². The number of esters is 1. The summed E-state index contributed by atoms with van der Waals surface area (Å²) in [6.45, 7) is 0. The smallest absolute Gasteiger partial charge is 0.343 e. The van der Waals surface area contributed by atoms with Gasteiger partial charge in [-0.05, 0) is 24.3 Å². The molecule has 1 aromatic heterocycles. The maximum atomic E-state index is 12.6. The molecule has 0 radical (unpaired) electrons. The van der Waals surface area contributed by atoms with Crippen LogP contribution in [0.2, 0.25) is 0 Å². The van der Waals surface area contributed by atoms with Crippen LogP contribution in [0.3, 0.4) is 0 Å². The maximum absolute atomic E-state index is 12.6. The average molecular weight is 354 g/mol. The Morgan fingerprint density at radius 3 is 2.11 bits per heavy atom. The first-order valence-electron chi connectivity index (χ1n) is 8.68. The molecule has 4 rings (SSSR count). The van der Waals surface area contributed by atoms with Gasteiger partial charge in [-0.2, -0.15) is 0 Å². The fraction of sp³-hybridized carbons (Fsp3) is 0.0435. The Kier molecular flexibility index (Phi) is 4.54. The van der Waals surface area contributed by atoms with Gasteiger partial charge < -0.3 is 9.30 Å². The molecule has 132 valence electrons. The van der Waals surface area contributed by atoms with Crippen LogP contribution < -0.4 is 0 Å². The molecule has 1 heterocycles. The molecule has 0 aliphatic heterocycles. The van der Waals surface area contributed by atoms with E-state index < -0.39 is 5.97 Å². The second-order valence-electron chi connectivity index (χ2n) is 6.15. The molecule has 0 spiro atoms. The molecule has 27 heavy (non-hydrogen) atoms. The lowest BCUT2D eigenvalue weighted by atomic mass is 10.1. The predicted molar refractivity (Wildman–Crippen MR) is 107 cm³/mol. The summed E-state index contributed by atoms with van der Waals surface area (Å²) in [4.78, 5) is 17.2. The third-order valence-corrected chi connectivity index (χ3v) is 4.35. The van der Waals surface area contributed by atoms with Crippen molar-refractivity contribution in [2.45, 2.75) is 0 Å². The first kappa shape index (κ1) is 16.8. The van der Waals surface area contributed by atoms with Crippen LogP contribution in [0.1, 0.15) is 21.7 Å². The molecule has 4 aromatic rings. The van der Waals surface area contributed by atoms with Crippen LogP contribution in [-0.2, 0) is 11.8 Å². The second kappa shape index (κ2) is 7.30. The zero-order chi connectivity index (χ0) is 18.6. The minimum absolute atomic E-state index is 0.399. The van der Waals surface area contributed by atoms with Crippen LogP contribution in [0, 0.1) is 0 Å². The standard InChI is InChI=1S/C23H18N2O2/c1-25-20-15-9-8-14-19(20)24-22(25)16-21(17-10-4-2-5-11-17)27-23(26)18-12-6-3-7-13-18/h2-16H,1H3/b21-16-. The molecular formula is C23H18N2O2. The Balaban J connectivity index is 1.77. The van der Waals surface area contributed by atoms with Gasteiger partial charge in [-0.3, -0.25) is 0 Å². The van der Waals surface area contributed by atoms with Gasteiger partial charge in [0, 0.05) is 18.7 Å². The van der Waals surface area contributed by atoms with Gasteiger partial charge in [0.1, 0.15) is 11.6 Å². The van der Waals surface area contributed by atoms with Gasteiger partial charge in [0.25, 0.3) is 0 Å². The third kappa shape index (κ3) is 3.51.